The minimum absolute atomic E-state index is 0.0634. The van der Waals surface area contributed by atoms with Gasteiger partial charge in [0, 0.05) is 48.4 Å². The summed E-state index contributed by atoms with van der Waals surface area (Å²) < 4.78 is 2.30. The highest BCUT2D eigenvalue weighted by Gasteiger charge is 2.41. The fraction of sp³-hybridized carbons (Fsp3) is 0.607. The number of amidine groups is 1. The van der Waals surface area contributed by atoms with Gasteiger partial charge in [-0.2, -0.15) is 0 Å². The number of nitrogen functional groups attached to an aromatic ring is 1. The van der Waals surface area contributed by atoms with Crippen molar-refractivity contribution < 1.29 is 9.59 Å². The third kappa shape index (κ3) is 4.75. The second kappa shape index (κ2) is 10.6. The molecular weight excluding hydrogens is 452 g/mol. The fourth-order valence-corrected chi connectivity index (χ4v) is 6.58. The lowest BCUT2D eigenvalue weighted by Crippen LogP contribution is -2.51. The van der Waals surface area contributed by atoms with Crippen LogP contribution in [-0.2, 0) is 22.6 Å². The average Bonchev–Trinajstić information content (AvgIpc) is 3.64. The van der Waals surface area contributed by atoms with Crippen LogP contribution < -0.4 is 11.1 Å². The van der Waals surface area contributed by atoms with Crippen molar-refractivity contribution in [2.75, 3.05) is 26.2 Å². The topological polar surface area (TPSA) is 107 Å². The third-order valence-electron chi connectivity index (χ3n) is 8.52. The Morgan fingerprint density at radius 1 is 1.03 bits per heavy atom. The predicted molar refractivity (Wildman–Crippen MR) is 142 cm³/mol. The van der Waals surface area contributed by atoms with Crippen LogP contribution in [0.1, 0.15) is 63.1 Å². The van der Waals surface area contributed by atoms with E-state index in [9.17, 15) is 9.59 Å². The molecule has 5 rings (SSSR count). The van der Waals surface area contributed by atoms with Crippen LogP contribution >= 0.6 is 0 Å². The Morgan fingerprint density at radius 2 is 1.78 bits per heavy atom. The molecule has 3 fully saturated rings. The van der Waals surface area contributed by atoms with Gasteiger partial charge in [-0.25, -0.2) is 0 Å². The van der Waals surface area contributed by atoms with Gasteiger partial charge in [-0.05, 0) is 88.9 Å². The van der Waals surface area contributed by atoms with Crippen molar-refractivity contribution in [1.82, 2.24) is 19.7 Å². The molecule has 4 heterocycles. The molecule has 0 saturated carbocycles. The van der Waals surface area contributed by atoms with E-state index in [0.29, 0.717) is 0 Å². The van der Waals surface area contributed by atoms with Crippen LogP contribution in [0.15, 0.2) is 24.3 Å². The molecule has 0 radical (unpaired) electrons. The Morgan fingerprint density at radius 3 is 2.53 bits per heavy atom. The van der Waals surface area contributed by atoms with Crippen LogP contribution in [0.2, 0.25) is 0 Å². The van der Waals surface area contributed by atoms with Crippen molar-refractivity contribution in [3.8, 4) is 0 Å². The van der Waals surface area contributed by atoms with Gasteiger partial charge < -0.3 is 25.4 Å². The van der Waals surface area contributed by atoms with Crippen molar-refractivity contribution >= 4 is 28.6 Å². The standard InChI is InChI=1S/C28H40N6O2/c1-2-32-23(17-20-7-8-21(26(29)30)18-25(20)32)10-9-22-5-3-15-33(22)28(36)24-6-4-16-34(24)27(35)19-11-13-31-14-12-19/h7-8,17-19,22,24,31H,2-6,9-16H2,1H3,(H3,29,30)/t22-,24+/m0/s1. The summed E-state index contributed by atoms with van der Waals surface area (Å²) in [6, 6.07) is 8.14. The lowest BCUT2D eigenvalue weighted by Gasteiger charge is -2.34. The number of hydrogen-bond donors (Lipinski definition) is 3. The van der Waals surface area contributed by atoms with Gasteiger partial charge in [0.05, 0.1) is 0 Å². The Balaban J connectivity index is 1.27. The summed E-state index contributed by atoms with van der Waals surface area (Å²) in [4.78, 5) is 31.0. The maximum absolute atomic E-state index is 13.7. The molecule has 0 aliphatic carbocycles. The highest BCUT2D eigenvalue weighted by molar-refractivity contribution is 5.98. The number of likely N-dealkylation sites (tertiary alicyclic amines) is 2. The predicted octanol–water partition coefficient (Wildman–Crippen LogP) is 2.86. The van der Waals surface area contributed by atoms with Crippen LogP contribution in [0, 0.1) is 11.3 Å². The number of nitrogens with one attached hydrogen (secondary N) is 2. The molecule has 3 aliphatic rings. The number of carbonyl (C=O) groups excluding carboxylic acids is 2. The Kier molecular flexibility index (Phi) is 7.32. The SMILES string of the molecule is CCn1c(CC[C@@H]2CCCN2C(=O)[C@H]2CCCN2C(=O)C2CCNCC2)cc2ccc(C(=N)N)cc21. The van der Waals surface area contributed by atoms with Crippen molar-refractivity contribution in [2.45, 2.75) is 76.9 Å². The van der Waals surface area contributed by atoms with E-state index in [4.69, 9.17) is 11.1 Å². The molecule has 2 amide bonds. The van der Waals surface area contributed by atoms with E-state index in [2.05, 4.69) is 27.8 Å². The van der Waals surface area contributed by atoms with E-state index < -0.39 is 0 Å². The Hall–Kier alpha value is -2.87. The first-order valence-electron chi connectivity index (χ1n) is 13.8. The molecule has 1 aromatic carbocycles. The largest absolute Gasteiger partial charge is 0.384 e. The van der Waals surface area contributed by atoms with Crippen LogP contribution in [0.3, 0.4) is 0 Å². The summed E-state index contributed by atoms with van der Waals surface area (Å²) in [6.07, 6.45) is 7.35. The average molecular weight is 493 g/mol. The second-order valence-corrected chi connectivity index (χ2v) is 10.6. The molecular formula is C28H40N6O2. The number of hydrogen-bond acceptors (Lipinski definition) is 4. The minimum atomic E-state index is -0.278. The molecule has 2 aromatic rings. The van der Waals surface area contributed by atoms with E-state index in [-0.39, 0.29) is 35.7 Å². The summed E-state index contributed by atoms with van der Waals surface area (Å²) in [5, 5.41) is 12.3. The minimum Gasteiger partial charge on any atom is -0.384 e. The first-order valence-corrected chi connectivity index (χ1v) is 13.8. The molecule has 0 spiro atoms. The first-order chi connectivity index (χ1) is 17.5. The van der Waals surface area contributed by atoms with Crippen LogP contribution in [0.4, 0.5) is 0 Å². The summed E-state index contributed by atoms with van der Waals surface area (Å²) in [5.74, 6) is 0.510. The van der Waals surface area contributed by atoms with Gasteiger partial charge in [-0.15, -0.1) is 0 Å². The molecule has 8 nitrogen and oxygen atoms in total. The number of benzene rings is 1. The molecule has 3 saturated heterocycles. The van der Waals surface area contributed by atoms with E-state index in [0.717, 1.165) is 101 Å². The molecule has 8 heteroatoms. The van der Waals surface area contributed by atoms with Gasteiger partial charge in [0.1, 0.15) is 11.9 Å². The number of aromatic nitrogens is 1. The van der Waals surface area contributed by atoms with Gasteiger partial charge >= 0.3 is 0 Å². The number of carbonyl (C=O) groups is 2. The van der Waals surface area contributed by atoms with Gasteiger partial charge in [-0.3, -0.25) is 15.0 Å². The van der Waals surface area contributed by atoms with E-state index in [1.165, 1.54) is 5.69 Å². The molecule has 4 N–H and O–H groups in total. The van der Waals surface area contributed by atoms with Gasteiger partial charge in [0.15, 0.2) is 0 Å². The van der Waals surface area contributed by atoms with E-state index >= 15 is 0 Å². The highest BCUT2D eigenvalue weighted by Crippen LogP contribution is 2.30. The number of piperidine rings is 1. The number of amides is 2. The van der Waals surface area contributed by atoms with Gasteiger partial charge in [0.2, 0.25) is 11.8 Å². The van der Waals surface area contributed by atoms with Gasteiger partial charge in [-0.1, -0.05) is 12.1 Å². The van der Waals surface area contributed by atoms with Crippen LogP contribution in [0.25, 0.3) is 10.9 Å². The zero-order valence-corrected chi connectivity index (χ0v) is 21.5. The monoisotopic (exact) mass is 492 g/mol. The smallest absolute Gasteiger partial charge is 0.245 e. The molecule has 0 bridgehead atoms. The quantitative estimate of drug-likeness (QED) is 0.408. The Labute approximate surface area is 213 Å². The normalized spacial score (nSPS) is 23.0. The van der Waals surface area contributed by atoms with Crippen molar-refractivity contribution in [2.24, 2.45) is 11.7 Å². The zero-order valence-electron chi connectivity index (χ0n) is 21.5. The summed E-state index contributed by atoms with van der Waals surface area (Å²) in [7, 11) is 0. The third-order valence-corrected chi connectivity index (χ3v) is 8.52. The first kappa shape index (κ1) is 24.8. The summed E-state index contributed by atoms with van der Waals surface area (Å²) >= 11 is 0. The van der Waals surface area contributed by atoms with Crippen LogP contribution in [-0.4, -0.2) is 70.3 Å². The fourth-order valence-electron chi connectivity index (χ4n) is 6.58. The lowest BCUT2D eigenvalue weighted by atomic mass is 9.96. The highest BCUT2D eigenvalue weighted by atomic mass is 16.2. The maximum Gasteiger partial charge on any atom is 0.245 e. The number of nitrogens with two attached hydrogens (primary N) is 1. The number of rotatable bonds is 7. The lowest BCUT2D eigenvalue weighted by molar-refractivity contribution is -0.147. The zero-order chi connectivity index (χ0) is 25.2. The number of aryl methyl sites for hydroxylation is 2. The van der Waals surface area contributed by atoms with Crippen LogP contribution in [0.5, 0.6) is 0 Å². The maximum atomic E-state index is 13.7. The van der Waals surface area contributed by atoms with E-state index in [1.807, 2.05) is 23.1 Å². The molecule has 1 aromatic heterocycles. The molecule has 0 unspecified atom stereocenters. The number of fused-ring (bicyclic) bond motifs is 1. The van der Waals surface area contributed by atoms with Crippen molar-refractivity contribution in [1.29, 1.82) is 5.41 Å². The molecule has 3 aliphatic heterocycles. The van der Waals surface area contributed by atoms with Crippen molar-refractivity contribution in [3.05, 3.63) is 35.5 Å². The summed E-state index contributed by atoms with van der Waals surface area (Å²) in [6.45, 7) is 6.29. The van der Waals surface area contributed by atoms with E-state index in [1.54, 1.807) is 0 Å². The van der Waals surface area contributed by atoms with Gasteiger partial charge in [0.25, 0.3) is 0 Å². The summed E-state index contributed by atoms with van der Waals surface area (Å²) in [5.41, 5.74) is 8.83. The Bertz CT molecular complexity index is 1130. The molecule has 36 heavy (non-hydrogen) atoms. The molecule has 194 valence electrons. The second-order valence-electron chi connectivity index (χ2n) is 10.6. The molecule has 2 atom stereocenters. The number of nitrogens with zero attached hydrogens (tertiary/aromatic N) is 3. The van der Waals surface area contributed by atoms with Crippen molar-refractivity contribution in [3.63, 3.8) is 0 Å².